The Kier molecular flexibility index (Phi) is 4.23. The molecule has 2 aliphatic rings. The number of nitrogens with two attached hydrogens (primary N) is 1. The predicted molar refractivity (Wildman–Crippen MR) is 73.9 cm³/mol. The number of ether oxygens (including phenoxy) is 1. The zero-order chi connectivity index (χ0) is 14.3. The van der Waals surface area contributed by atoms with Gasteiger partial charge in [0.15, 0.2) is 0 Å². The van der Waals surface area contributed by atoms with E-state index in [-0.39, 0.29) is 17.6 Å². The second-order valence-electron chi connectivity index (χ2n) is 6.18. The van der Waals surface area contributed by atoms with Crippen LogP contribution in [0.15, 0.2) is 0 Å². The third-order valence-corrected chi connectivity index (χ3v) is 5.97. The molecule has 2 fully saturated rings. The van der Waals surface area contributed by atoms with E-state index in [2.05, 4.69) is 0 Å². The zero-order valence-corrected chi connectivity index (χ0v) is 12.8. The van der Waals surface area contributed by atoms with Gasteiger partial charge in [0.05, 0.1) is 12.2 Å². The highest BCUT2D eigenvalue weighted by Gasteiger charge is 2.42. The van der Waals surface area contributed by atoms with Crippen LogP contribution < -0.4 is 5.73 Å². The Balaban J connectivity index is 2.10. The SMILES string of the molecule is CC1CN(S(=O)(=O)N2CCC(C)(CN)C2)CC(C)O1. The lowest BCUT2D eigenvalue weighted by Crippen LogP contribution is -2.53. The molecule has 0 aromatic rings. The van der Waals surface area contributed by atoms with Gasteiger partial charge < -0.3 is 10.5 Å². The molecule has 7 heteroatoms. The lowest BCUT2D eigenvalue weighted by Gasteiger charge is -2.36. The fourth-order valence-corrected chi connectivity index (χ4v) is 4.74. The van der Waals surface area contributed by atoms with Crippen LogP contribution in [-0.4, -0.2) is 62.0 Å². The van der Waals surface area contributed by atoms with Crippen LogP contribution >= 0.6 is 0 Å². The molecule has 2 heterocycles. The van der Waals surface area contributed by atoms with E-state index >= 15 is 0 Å². The second-order valence-corrected chi connectivity index (χ2v) is 8.11. The van der Waals surface area contributed by atoms with Crippen LogP contribution in [0.3, 0.4) is 0 Å². The van der Waals surface area contributed by atoms with E-state index in [1.165, 1.54) is 0 Å². The number of morpholine rings is 1. The molecule has 112 valence electrons. The Bertz CT molecular complexity index is 418. The topological polar surface area (TPSA) is 75.9 Å². The monoisotopic (exact) mass is 291 g/mol. The van der Waals surface area contributed by atoms with Crippen molar-refractivity contribution < 1.29 is 13.2 Å². The summed E-state index contributed by atoms with van der Waals surface area (Å²) < 4.78 is 34.0. The molecule has 0 radical (unpaired) electrons. The first-order valence-corrected chi connectivity index (χ1v) is 8.27. The van der Waals surface area contributed by atoms with Gasteiger partial charge in [-0.1, -0.05) is 6.92 Å². The summed E-state index contributed by atoms with van der Waals surface area (Å²) in [5, 5.41) is 0. The van der Waals surface area contributed by atoms with Crippen LogP contribution in [0.1, 0.15) is 27.2 Å². The van der Waals surface area contributed by atoms with Crippen LogP contribution in [0, 0.1) is 5.41 Å². The van der Waals surface area contributed by atoms with Crippen LogP contribution in [0.25, 0.3) is 0 Å². The molecule has 2 rings (SSSR count). The minimum atomic E-state index is -3.38. The van der Waals surface area contributed by atoms with E-state index in [1.807, 2.05) is 20.8 Å². The molecule has 2 N–H and O–H groups in total. The normalized spacial score (nSPS) is 38.7. The van der Waals surface area contributed by atoms with E-state index < -0.39 is 10.2 Å². The molecule has 0 amide bonds. The minimum absolute atomic E-state index is 0.0537. The summed E-state index contributed by atoms with van der Waals surface area (Å²) in [5.74, 6) is 0. The van der Waals surface area contributed by atoms with E-state index in [0.717, 1.165) is 6.42 Å². The Morgan fingerprint density at radius 1 is 1.26 bits per heavy atom. The molecule has 2 saturated heterocycles. The number of hydrogen-bond acceptors (Lipinski definition) is 4. The van der Waals surface area contributed by atoms with Crippen molar-refractivity contribution in [1.82, 2.24) is 8.61 Å². The van der Waals surface area contributed by atoms with Crippen molar-refractivity contribution in [3.05, 3.63) is 0 Å². The molecule has 0 spiro atoms. The molecular formula is C12H25N3O3S. The van der Waals surface area contributed by atoms with Crippen LogP contribution in [0.4, 0.5) is 0 Å². The average Bonchev–Trinajstić information content (AvgIpc) is 2.72. The van der Waals surface area contributed by atoms with Gasteiger partial charge >= 0.3 is 0 Å². The van der Waals surface area contributed by atoms with Crippen molar-refractivity contribution in [1.29, 1.82) is 0 Å². The van der Waals surface area contributed by atoms with Crippen LogP contribution in [0.5, 0.6) is 0 Å². The quantitative estimate of drug-likeness (QED) is 0.795. The Hall–Kier alpha value is -0.210. The smallest absolute Gasteiger partial charge is 0.282 e. The summed E-state index contributed by atoms with van der Waals surface area (Å²) in [4.78, 5) is 0. The molecule has 3 atom stereocenters. The number of hydrogen-bond donors (Lipinski definition) is 1. The largest absolute Gasteiger partial charge is 0.373 e. The molecule has 6 nitrogen and oxygen atoms in total. The maximum atomic E-state index is 12.6. The van der Waals surface area contributed by atoms with E-state index in [4.69, 9.17) is 10.5 Å². The average molecular weight is 291 g/mol. The lowest BCUT2D eigenvalue weighted by atomic mass is 9.90. The maximum Gasteiger partial charge on any atom is 0.282 e. The summed E-state index contributed by atoms with van der Waals surface area (Å²) in [6.07, 6.45) is 0.724. The molecule has 0 saturated carbocycles. The first-order valence-electron chi connectivity index (χ1n) is 6.87. The Morgan fingerprint density at radius 3 is 2.32 bits per heavy atom. The molecule has 19 heavy (non-hydrogen) atoms. The molecule has 0 aromatic carbocycles. The highest BCUT2D eigenvalue weighted by Crippen LogP contribution is 2.31. The second kappa shape index (κ2) is 5.29. The molecule has 3 unspecified atom stereocenters. The van der Waals surface area contributed by atoms with Gasteiger partial charge in [-0.25, -0.2) is 0 Å². The summed E-state index contributed by atoms with van der Waals surface area (Å²) >= 11 is 0. The van der Waals surface area contributed by atoms with Gasteiger partial charge in [0.2, 0.25) is 0 Å². The standard InChI is InChI=1S/C12H25N3O3S/c1-10-6-15(7-11(2)18-10)19(16,17)14-5-4-12(3,8-13)9-14/h10-11H,4-9,13H2,1-3H3. The summed E-state index contributed by atoms with van der Waals surface area (Å²) in [6, 6.07) is 0. The maximum absolute atomic E-state index is 12.6. The van der Waals surface area contributed by atoms with Crippen molar-refractivity contribution in [2.45, 2.75) is 39.4 Å². The fraction of sp³-hybridized carbons (Fsp3) is 1.00. The first kappa shape index (κ1) is 15.2. The third-order valence-electron chi connectivity index (χ3n) is 4.05. The summed E-state index contributed by atoms with van der Waals surface area (Å²) in [6.45, 7) is 8.34. The van der Waals surface area contributed by atoms with Crippen molar-refractivity contribution in [3.8, 4) is 0 Å². The van der Waals surface area contributed by atoms with E-state index in [1.54, 1.807) is 8.61 Å². The number of rotatable bonds is 3. The van der Waals surface area contributed by atoms with Gasteiger partial charge in [0.1, 0.15) is 0 Å². The summed E-state index contributed by atoms with van der Waals surface area (Å²) in [5.41, 5.74) is 5.65. The first-order chi connectivity index (χ1) is 8.77. The third kappa shape index (κ3) is 3.11. The van der Waals surface area contributed by atoms with Crippen LogP contribution in [-0.2, 0) is 14.9 Å². The molecule has 2 aliphatic heterocycles. The van der Waals surface area contributed by atoms with E-state index in [0.29, 0.717) is 32.7 Å². The van der Waals surface area contributed by atoms with Crippen molar-refractivity contribution >= 4 is 10.2 Å². The van der Waals surface area contributed by atoms with Gasteiger partial charge in [-0.05, 0) is 32.2 Å². The molecular weight excluding hydrogens is 266 g/mol. The van der Waals surface area contributed by atoms with Crippen LogP contribution in [0.2, 0.25) is 0 Å². The minimum Gasteiger partial charge on any atom is -0.373 e. The van der Waals surface area contributed by atoms with Crippen molar-refractivity contribution in [2.75, 3.05) is 32.7 Å². The van der Waals surface area contributed by atoms with Crippen molar-refractivity contribution in [3.63, 3.8) is 0 Å². The molecule has 0 aliphatic carbocycles. The molecule has 0 aromatic heterocycles. The predicted octanol–water partition coefficient (Wildman–Crippen LogP) is 0.0111. The van der Waals surface area contributed by atoms with Gasteiger partial charge in [-0.15, -0.1) is 0 Å². The van der Waals surface area contributed by atoms with E-state index in [9.17, 15) is 8.42 Å². The van der Waals surface area contributed by atoms with Gasteiger partial charge in [-0.3, -0.25) is 0 Å². The molecule has 0 bridgehead atoms. The Morgan fingerprint density at radius 2 is 1.84 bits per heavy atom. The highest BCUT2D eigenvalue weighted by molar-refractivity contribution is 7.86. The van der Waals surface area contributed by atoms with Crippen molar-refractivity contribution in [2.24, 2.45) is 11.1 Å². The lowest BCUT2D eigenvalue weighted by molar-refractivity contribution is -0.0453. The Labute approximate surface area is 116 Å². The van der Waals surface area contributed by atoms with Gasteiger partial charge in [0, 0.05) is 26.2 Å². The summed E-state index contributed by atoms with van der Waals surface area (Å²) in [7, 11) is -3.38. The highest BCUT2D eigenvalue weighted by atomic mass is 32.2. The fourth-order valence-electron chi connectivity index (χ4n) is 2.82. The van der Waals surface area contributed by atoms with Gasteiger partial charge in [-0.2, -0.15) is 17.0 Å². The zero-order valence-electron chi connectivity index (χ0n) is 12.0. The number of nitrogens with zero attached hydrogens (tertiary/aromatic N) is 2. The van der Waals surface area contributed by atoms with Gasteiger partial charge in [0.25, 0.3) is 10.2 Å².